The van der Waals surface area contributed by atoms with Crippen molar-refractivity contribution in [3.8, 4) is 11.4 Å². The molecule has 0 unspecified atom stereocenters. The number of aromatic nitrogens is 2. The van der Waals surface area contributed by atoms with Gasteiger partial charge in [-0.25, -0.2) is 9.97 Å². The quantitative estimate of drug-likeness (QED) is 0.499. The van der Waals surface area contributed by atoms with Crippen LogP contribution in [0.2, 0.25) is 0 Å². The number of fused-ring (bicyclic) bond motifs is 1. The highest BCUT2D eigenvalue weighted by atomic mass is 16.3. The Morgan fingerprint density at radius 1 is 0.931 bits per heavy atom. The molecule has 1 N–H and O–H groups in total. The number of para-hydroxylation sites is 1. The van der Waals surface area contributed by atoms with Crippen molar-refractivity contribution in [2.45, 2.75) is 19.4 Å². The van der Waals surface area contributed by atoms with Crippen LogP contribution >= 0.6 is 0 Å². The zero-order valence-electron chi connectivity index (χ0n) is 16.1. The Hall–Kier alpha value is -3.60. The van der Waals surface area contributed by atoms with Gasteiger partial charge in [-0.2, -0.15) is 0 Å². The fourth-order valence-electron chi connectivity index (χ4n) is 3.74. The molecule has 3 heterocycles. The topological polar surface area (TPSA) is 54.2 Å². The van der Waals surface area contributed by atoms with Crippen LogP contribution in [0.15, 0.2) is 83.5 Å². The zero-order valence-corrected chi connectivity index (χ0v) is 16.1. The summed E-state index contributed by atoms with van der Waals surface area (Å²) in [5.41, 5.74) is 3.60. The van der Waals surface area contributed by atoms with E-state index in [0.29, 0.717) is 12.4 Å². The molecule has 0 radical (unpaired) electrons. The molecule has 0 spiro atoms. The van der Waals surface area contributed by atoms with E-state index in [2.05, 4.69) is 34.5 Å². The van der Waals surface area contributed by atoms with Crippen LogP contribution in [0.4, 0.5) is 17.3 Å². The molecular weight excluding hydrogens is 360 g/mol. The summed E-state index contributed by atoms with van der Waals surface area (Å²) in [7, 11) is 0. The van der Waals surface area contributed by atoms with E-state index in [0.717, 1.165) is 42.3 Å². The van der Waals surface area contributed by atoms with Crippen LogP contribution in [0.25, 0.3) is 11.4 Å². The van der Waals surface area contributed by atoms with Crippen molar-refractivity contribution >= 4 is 17.3 Å². The first kappa shape index (κ1) is 17.5. The van der Waals surface area contributed by atoms with Gasteiger partial charge in [-0.05, 0) is 36.6 Å². The molecule has 5 rings (SSSR count). The summed E-state index contributed by atoms with van der Waals surface area (Å²) in [6.45, 7) is 1.52. The van der Waals surface area contributed by atoms with Gasteiger partial charge in [0.25, 0.3) is 0 Å². The molecule has 0 fully saturated rings. The lowest BCUT2D eigenvalue weighted by Gasteiger charge is -2.30. The highest BCUT2D eigenvalue weighted by molar-refractivity contribution is 5.69. The second-order valence-corrected chi connectivity index (χ2v) is 7.12. The van der Waals surface area contributed by atoms with Gasteiger partial charge in [-0.15, -0.1) is 0 Å². The maximum absolute atomic E-state index is 5.45. The van der Waals surface area contributed by atoms with Gasteiger partial charge in [-0.1, -0.05) is 48.5 Å². The lowest BCUT2D eigenvalue weighted by molar-refractivity contribution is 0.518. The highest BCUT2D eigenvalue weighted by Gasteiger charge is 2.20. The fourth-order valence-corrected chi connectivity index (χ4v) is 3.74. The van der Waals surface area contributed by atoms with E-state index in [1.54, 1.807) is 6.26 Å². The molecule has 29 heavy (non-hydrogen) atoms. The lowest BCUT2D eigenvalue weighted by atomic mass is 10.0. The minimum atomic E-state index is 0.578. The standard InChI is InChI=1S/C24H22N4O/c1-2-9-19(10-3-1)24-26-22(25-17-20-12-7-15-29-20)16-23(27-24)28-14-6-11-18-8-4-5-13-21(18)28/h1-5,7-10,12-13,15-16H,6,11,14,17H2,(H,25,26,27). The lowest BCUT2D eigenvalue weighted by Crippen LogP contribution is -2.25. The van der Waals surface area contributed by atoms with E-state index >= 15 is 0 Å². The van der Waals surface area contributed by atoms with Gasteiger partial charge in [0.15, 0.2) is 5.82 Å². The summed E-state index contributed by atoms with van der Waals surface area (Å²) < 4.78 is 5.45. The number of nitrogens with one attached hydrogen (secondary N) is 1. The number of aryl methyl sites for hydroxylation is 1. The Morgan fingerprint density at radius 3 is 2.66 bits per heavy atom. The monoisotopic (exact) mass is 382 g/mol. The smallest absolute Gasteiger partial charge is 0.163 e. The molecule has 144 valence electrons. The van der Waals surface area contributed by atoms with Gasteiger partial charge >= 0.3 is 0 Å². The second kappa shape index (κ2) is 7.80. The average Bonchev–Trinajstić information content (AvgIpc) is 3.31. The normalized spacial score (nSPS) is 13.2. The molecule has 0 amide bonds. The fraction of sp³-hybridized carbons (Fsp3) is 0.167. The Bertz CT molecular complexity index is 1090. The van der Waals surface area contributed by atoms with Crippen molar-refractivity contribution in [1.29, 1.82) is 0 Å². The molecule has 0 saturated heterocycles. The van der Waals surface area contributed by atoms with Crippen LogP contribution in [0, 0.1) is 0 Å². The zero-order chi connectivity index (χ0) is 19.5. The molecule has 0 atom stereocenters. The third-order valence-corrected chi connectivity index (χ3v) is 5.16. The Morgan fingerprint density at radius 2 is 1.79 bits per heavy atom. The number of rotatable bonds is 5. The van der Waals surface area contributed by atoms with Crippen LogP contribution in [0.5, 0.6) is 0 Å². The van der Waals surface area contributed by atoms with Gasteiger partial charge in [0.1, 0.15) is 17.4 Å². The number of anilines is 3. The van der Waals surface area contributed by atoms with E-state index in [-0.39, 0.29) is 0 Å². The van der Waals surface area contributed by atoms with Gasteiger partial charge in [0.05, 0.1) is 12.8 Å². The molecule has 5 nitrogen and oxygen atoms in total. The first-order valence-electron chi connectivity index (χ1n) is 9.93. The van der Waals surface area contributed by atoms with Crippen molar-refractivity contribution in [2.75, 3.05) is 16.8 Å². The second-order valence-electron chi connectivity index (χ2n) is 7.12. The Labute approximate surface area is 170 Å². The first-order chi connectivity index (χ1) is 14.4. The minimum Gasteiger partial charge on any atom is -0.467 e. The van der Waals surface area contributed by atoms with E-state index in [4.69, 9.17) is 14.4 Å². The van der Waals surface area contributed by atoms with Crippen LogP contribution < -0.4 is 10.2 Å². The maximum Gasteiger partial charge on any atom is 0.163 e. The van der Waals surface area contributed by atoms with Crippen molar-refractivity contribution < 1.29 is 4.42 Å². The summed E-state index contributed by atoms with van der Waals surface area (Å²) >= 11 is 0. The molecule has 0 aliphatic carbocycles. The first-order valence-corrected chi connectivity index (χ1v) is 9.93. The van der Waals surface area contributed by atoms with Gasteiger partial charge in [-0.3, -0.25) is 0 Å². The van der Waals surface area contributed by atoms with Crippen LogP contribution in [-0.2, 0) is 13.0 Å². The number of hydrogen-bond acceptors (Lipinski definition) is 5. The van der Waals surface area contributed by atoms with E-state index in [1.165, 1.54) is 11.3 Å². The summed E-state index contributed by atoms with van der Waals surface area (Å²) in [5.74, 6) is 3.28. The minimum absolute atomic E-state index is 0.578. The van der Waals surface area contributed by atoms with E-state index < -0.39 is 0 Å². The summed E-state index contributed by atoms with van der Waals surface area (Å²) in [6.07, 6.45) is 3.90. The predicted molar refractivity (Wildman–Crippen MR) is 115 cm³/mol. The van der Waals surface area contributed by atoms with Crippen molar-refractivity contribution in [1.82, 2.24) is 9.97 Å². The number of nitrogens with zero attached hydrogens (tertiary/aromatic N) is 3. The largest absolute Gasteiger partial charge is 0.467 e. The van der Waals surface area contributed by atoms with Gasteiger partial charge < -0.3 is 14.6 Å². The summed E-state index contributed by atoms with van der Waals surface area (Å²) in [6, 6.07) is 24.6. The Kier molecular flexibility index (Phi) is 4.70. The molecule has 0 bridgehead atoms. The molecule has 0 saturated carbocycles. The van der Waals surface area contributed by atoms with Gasteiger partial charge in [0.2, 0.25) is 0 Å². The SMILES string of the molecule is c1ccc(-c2nc(NCc3ccco3)cc(N3CCCc4ccccc43)n2)cc1. The van der Waals surface area contributed by atoms with Gasteiger partial charge in [0, 0.05) is 23.9 Å². The molecule has 1 aliphatic rings. The maximum atomic E-state index is 5.45. The predicted octanol–water partition coefficient (Wildman–Crippen LogP) is 5.43. The van der Waals surface area contributed by atoms with Crippen LogP contribution in [0.1, 0.15) is 17.7 Å². The molecule has 4 aromatic rings. The molecular formula is C24H22N4O. The average molecular weight is 382 g/mol. The summed E-state index contributed by atoms with van der Waals surface area (Å²) in [5, 5.41) is 3.39. The van der Waals surface area contributed by atoms with Crippen molar-refractivity contribution in [3.63, 3.8) is 0 Å². The van der Waals surface area contributed by atoms with Crippen LogP contribution in [0.3, 0.4) is 0 Å². The molecule has 2 aromatic heterocycles. The number of furan rings is 1. The van der Waals surface area contributed by atoms with Crippen molar-refractivity contribution in [2.24, 2.45) is 0 Å². The highest BCUT2D eigenvalue weighted by Crippen LogP contribution is 2.34. The van der Waals surface area contributed by atoms with Crippen molar-refractivity contribution in [3.05, 3.63) is 90.4 Å². The van der Waals surface area contributed by atoms with E-state index in [9.17, 15) is 0 Å². The van der Waals surface area contributed by atoms with Crippen LogP contribution in [-0.4, -0.2) is 16.5 Å². The number of hydrogen-bond donors (Lipinski definition) is 1. The molecule has 1 aliphatic heterocycles. The molecule has 2 aromatic carbocycles. The number of benzene rings is 2. The summed E-state index contributed by atoms with van der Waals surface area (Å²) in [4.78, 5) is 12.0. The van der Waals surface area contributed by atoms with E-state index in [1.807, 2.05) is 48.5 Å². The third kappa shape index (κ3) is 3.72. The Balaban J connectivity index is 1.55. The molecule has 5 heteroatoms. The third-order valence-electron chi connectivity index (χ3n) is 5.16.